The predicted molar refractivity (Wildman–Crippen MR) is 79.3 cm³/mol. The Morgan fingerprint density at radius 3 is 2.72 bits per heavy atom. The fraction of sp³-hybridized carbons (Fsp3) is 0.909. The van der Waals surface area contributed by atoms with Gasteiger partial charge in [0, 0.05) is 17.8 Å². The first-order chi connectivity index (χ1) is 8.53. The van der Waals surface area contributed by atoms with E-state index in [9.17, 15) is 0 Å². The molecule has 1 rings (SSSR count). The van der Waals surface area contributed by atoms with Crippen LogP contribution in [-0.2, 0) is 6.54 Å². The van der Waals surface area contributed by atoms with E-state index >= 15 is 0 Å². The molecule has 1 heterocycles. The third kappa shape index (κ3) is 6.61. The fourth-order valence-corrected chi connectivity index (χ4v) is 2.80. The van der Waals surface area contributed by atoms with Gasteiger partial charge in [0.05, 0.1) is 6.54 Å². The minimum Gasteiger partial charge on any atom is -0.310 e. The number of thioether (sulfide) groups is 2. The van der Waals surface area contributed by atoms with Crippen LogP contribution in [0.5, 0.6) is 0 Å². The van der Waals surface area contributed by atoms with E-state index in [2.05, 4.69) is 47.9 Å². The normalized spacial score (nSPS) is 12.0. The van der Waals surface area contributed by atoms with Crippen LogP contribution in [-0.4, -0.2) is 50.1 Å². The summed E-state index contributed by atoms with van der Waals surface area (Å²) < 4.78 is 1.88. The number of nitrogens with zero attached hydrogens (tertiary/aromatic N) is 4. The van der Waals surface area contributed by atoms with Gasteiger partial charge in [0.1, 0.15) is 0 Å². The average Bonchev–Trinajstić information content (AvgIpc) is 2.71. The average molecular weight is 289 g/mol. The van der Waals surface area contributed by atoms with E-state index in [4.69, 9.17) is 0 Å². The van der Waals surface area contributed by atoms with Crippen molar-refractivity contribution in [1.29, 1.82) is 0 Å². The molecule has 7 heteroatoms. The van der Waals surface area contributed by atoms with Crippen LogP contribution in [0.2, 0.25) is 0 Å². The molecule has 0 aromatic carbocycles. The molecule has 0 bridgehead atoms. The lowest BCUT2D eigenvalue weighted by atomic mass is 10.1. The van der Waals surface area contributed by atoms with E-state index in [1.54, 1.807) is 11.8 Å². The molecule has 0 aliphatic carbocycles. The minimum atomic E-state index is 0.139. The lowest BCUT2D eigenvalue weighted by molar-refractivity contribution is 0.396. The van der Waals surface area contributed by atoms with Crippen LogP contribution in [0, 0.1) is 0 Å². The molecule has 0 fully saturated rings. The van der Waals surface area contributed by atoms with Gasteiger partial charge in [-0.1, -0.05) is 11.8 Å². The Morgan fingerprint density at radius 1 is 1.28 bits per heavy atom. The van der Waals surface area contributed by atoms with E-state index in [0.29, 0.717) is 0 Å². The van der Waals surface area contributed by atoms with E-state index in [1.807, 2.05) is 16.4 Å². The molecule has 5 nitrogen and oxygen atoms in total. The number of tetrazole rings is 1. The number of rotatable bonds is 8. The van der Waals surface area contributed by atoms with Gasteiger partial charge in [-0.05, 0) is 49.6 Å². The highest BCUT2D eigenvalue weighted by atomic mass is 32.2. The van der Waals surface area contributed by atoms with Gasteiger partial charge in [-0.3, -0.25) is 0 Å². The van der Waals surface area contributed by atoms with Crippen molar-refractivity contribution in [2.75, 3.05) is 24.3 Å². The summed E-state index contributed by atoms with van der Waals surface area (Å²) in [6.07, 6.45) is 3.33. The van der Waals surface area contributed by atoms with Gasteiger partial charge in [0.2, 0.25) is 5.16 Å². The first-order valence-electron chi connectivity index (χ1n) is 6.16. The van der Waals surface area contributed by atoms with Crippen LogP contribution in [0.1, 0.15) is 27.2 Å². The van der Waals surface area contributed by atoms with Crippen LogP contribution >= 0.6 is 23.5 Å². The molecule has 0 spiro atoms. The van der Waals surface area contributed by atoms with Crippen molar-refractivity contribution in [3.8, 4) is 0 Å². The molecule has 1 aromatic heterocycles. The standard InChI is InChI=1S/C11H23N5S2/c1-11(2,3)12-6-7-16-10(13-14-15-16)18-9-5-8-17-4/h12H,5-9H2,1-4H3. The number of hydrogen-bond donors (Lipinski definition) is 1. The van der Waals surface area contributed by atoms with Crippen LogP contribution in [0.3, 0.4) is 0 Å². The zero-order valence-electron chi connectivity index (χ0n) is 11.6. The molecule has 0 atom stereocenters. The van der Waals surface area contributed by atoms with Crippen molar-refractivity contribution in [2.45, 2.75) is 44.4 Å². The maximum atomic E-state index is 4.06. The first kappa shape index (κ1) is 15.8. The SMILES string of the molecule is CSCCCSc1nnnn1CCNC(C)(C)C. The van der Waals surface area contributed by atoms with Gasteiger partial charge in [0.15, 0.2) is 0 Å². The summed E-state index contributed by atoms with van der Waals surface area (Å²) in [5, 5.41) is 16.2. The van der Waals surface area contributed by atoms with Crippen LogP contribution < -0.4 is 5.32 Å². The van der Waals surface area contributed by atoms with E-state index in [1.165, 1.54) is 12.2 Å². The Balaban J connectivity index is 2.31. The molecular weight excluding hydrogens is 266 g/mol. The van der Waals surface area contributed by atoms with Crippen molar-refractivity contribution in [1.82, 2.24) is 25.5 Å². The van der Waals surface area contributed by atoms with Gasteiger partial charge in [-0.25, -0.2) is 4.68 Å². The van der Waals surface area contributed by atoms with E-state index < -0.39 is 0 Å². The molecule has 0 saturated heterocycles. The largest absolute Gasteiger partial charge is 0.310 e. The summed E-state index contributed by atoms with van der Waals surface area (Å²) in [6, 6.07) is 0. The molecule has 0 radical (unpaired) electrons. The summed E-state index contributed by atoms with van der Waals surface area (Å²) in [5.41, 5.74) is 0.139. The van der Waals surface area contributed by atoms with Crippen LogP contribution in [0.4, 0.5) is 0 Å². The smallest absolute Gasteiger partial charge is 0.209 e. The van der Waals surface area contributed by atoms with Gasteiger partial charge >= 0.3 is 0 Å². The lowest BCUT2D eigenvalue weighted by Gasteiger charge is -2.20. The third-order valence-electron chi connectivity index (χ3n) is 2.20. The van der Waals surface area contributed by atoms with Gasteiger partial charge in [-0.2, -0.15) is 11.8 Å². The zero-order valence-corrected chi connectivity index (χ0v) is 13.3. The second kappa shape index (κ2) is 8.01. The minimum absolute atomic E-state index is 0.139. The number of nitrogens with one attached hydrogen (secondary N) is 1. The van der Waals surface area contributed by atoms with Gasteiger partial charge in [0.25, 0.3) is 0 Å². The van der Waals surface area contributed by atoms with Crippen molar-refractivity contribution >= 4 is 23.5 Å². The topological polar surface area (TPSA) is 55.6 Å². The second-order valence-corrected chi connectivity index (χ2v) is 7.10. The molecule has 1 aromatic rings. The summed E-state index contributed by atoms with van der Waals surface area (Å²) >= 11 is 3.62. The summed E-state index contributed by atoms with van der Waals surface area (Å²) in [5.74, 6) is 2.27. The molecular formula is C11H23N5S2. The Hall–Kier alpha value is -0.270. The molecule has 18 heavy (non-hydrogen) atoms. The fourth-order valence-electron chi connectivity index (χ4n) is 1.34. The zero-order chi connectivity index (χ0) is 13.4. The molecule has 0 aliphatic heterocycles. The van der Waals surface area contributed by atoms with Crippen LogP contribution in [0.15, 0.2) is 5.16 Å². The monoisotopic (exact) mass is 289 g/mol. The third-order valence-corrected chi connectivity index (χ3v) is 3.94. The quantitative estimate of drug-likeness (QED) is 0.583. The van der Waals surface area contributed by atoms with E-state index in [0.717, 1.165) is 24.0 Å². The molecule has 104 valence electrons. The summed E-state index contributed by atoms with van der Waals surface area (Å²) in [7, 11) is 0. The Morgan fingerprint density at radius 2 is 2.06 bits per heavy atom. The Labute approximate surface area is 118 Å². The van der Waals surface area contributed by atoms with Crippen molar-refractivity contribution < 1.29 is 0 Å². The summed E-state index contributed by atoms with van der Waals surface area (Å²) in [6.45, 7) is 8.17. The lowest BCUT2D eigenvalue weighted by Crippen LogP contribution is -2.38. The highest BCUT2D eigenvalue weighted by Crippen LogP contribution is 2.15. The van der Waals surface area contributed by atoms with E-state index in [-0.39, 0.29) is 5.54 Å². The second-order valence-electron chi connectivity index (χ2n) is 5.06. The van der Waals surface area contributed by atoms with Crippen molar-refractivity contribution in [3.05, 3.63) is 0 Å². The molecule has 0 amide bonds. The van der Waals surface area contributed by atoms with Crippen molar-refractivity contribution in [3.63, 3.8) is 0 Å². The molecule has 0 aliphatic rings. The first-order valence-corrected chi connectivity index (χ1v) is 8.54. The highest BCUT2D eigenvalue weighted by Gasteiger charge is 2.10. The Bertz CT molecular complexity index is 334. The summed E-state index contributed by atoms with van der Waals surface area (Å²) in [4.78, 5) is 0. The predicted octanol–water partition coefficient (Wildman–Crippen LogP) is 1.91. The number of hydrogen-bond acceptors (Lipinski definition) is 6. The van der Waals surface area contributed by atoms with Crippen LogP contribution in [0.25, 0.3) is 0 Å². The van der Waals surface area contributed by atoms with Gasteiger partial charge in [-0.15, -0.1) is 5.10 Å². The Kier molecular flexibility index (Phi) is 7.03. The number of aromatic nitrogens is 4. The molecule has 1 N–H and O–H groups in total. The molecule has 0 unspecified atom stereocenters. The molecule has 0 saturated carbocycles. The van der Waals surface area contributed by atoms with Gasteiger partial charge < -0.3 is 5.32 Å². The van der Waals surface area contributed by atoms with Crippen molar-refractivity contribution in [2.24, 2.45) is 0 Å². The highest BCUT2D eigenvalue weighted by molar-refractivity contribution is 7.99. The maximum Gasteiger partial charge on any atom is 0.209 e. The maximum absolute atomic E-state index is 4.06.